The van der Waals surface area contributed by atoms with Gasteiger partial charge in [-0.3, -0.25) is 5.10 Å². The molecule has 0 saturated carbocycles. The SMILES string of the molecule is CC(N)CSCc1cn[nH]c1. The van der Waals surface area contributed by atoms with Crippen LogP contribution in [0.2, 0.25) is 0 Å². The summed E-state index contributed by atoms with van der Waals surface area (Å²) in [5, 5.41) is 6.62. The van der Waals surface area contributed by atoms with Crippen molar-refractivity contribution in [3.8, 4) is 0 Å². The van der Waals surface area contributed by atoms with Crippen molar-refractivity contribution in [1.82, 2.24) is 10.2 Å². The van der Waals surface area contributed by atoms with E-state index in [1.807, 2.05) is 31.1 Å². The van der Waals surface area contributed by atoms with Crippen molar-refractivity contribution in [2.75, 3.05) is 5.75 Å². The van der Waals surface area contributed by atoms with Crippen LogP contribution in [0.1, 0.15) is 12.5 Å². The van der Waals surface area contributed by atoms with E-state index in [0.29, 0.717) is 0 Å². The Morgan fingerprint density at radius 2 is 2.64 bits per heavy atom. The summed E-state index contributed by atoms with van der Waals surface area (Å²) in [5.74, 6) is 2.00. The second kappa shape index (κ2) is 4.41. The van der Waals surface area contributed by atoms with Crippen LogP contribution in [0.25, 0.3) is 0 Å². The molecule has 0 aliphatic heterocycles. The molecule has 3 nitrogen and oxygen atoms in total. The standard InChI is InChI=1S/C7H13N3S/c1-6(8)4-11-5-7-2-9-10-3-7/h2-3,6H,4-5,8H2,1H3,(H,9,10). The minimum atomic E-state index is 0.284. The molecule has 3 N–H and O–H groups in total. The molecule has 0 aliphatic rings. The summed E-state index contributed by atoms with van der Waals surface area (Å²) in [5.41, 5.74) is 6.82. The lowest BCUT2D eigenvalue weighted by Gasteiger charge is -2.01. The van der Waals surface area contributed by atoms with Crippen molar-refractivity contribution >= 4 is 11.8 Å². The van der Waals surface area contributed by atoms with Crippen LogP contribution < -0.4 is 5.73 Å². The number of aromatic amines is 1. The smallest absolute Gasteiger partial charge is 0.0527 e. The van der Waals surface area contributed by atoms with Gasteiger partial charge < -0.3 is 5.73 Å². The topological polar surface area (TPSA) is 54.7 Å². The molecule has 0 spiro atoms. The predicted octanol–water partition coefficient (Wildman–Crippen LogP) is 0.990. The molecule has 4 heteroatoms. The van der Waals surface area contributed by atoms with Gasteiger partial charge >= 0.3 is 0 Å². The van der Waals surface area contributed by atoms with E-state index in [-0.39, 0.29) is 6.04 Å². The monoisotopic (exact) mass is 171 g/mol. The lowest BCUT2D eigenvalue weighted by Crippen LogP contribution is -2.17. The lowest BCUT2D eigenvalue weighted by molar-refractivity contribution is 0.847. The summed E-state index contributed by atoms with van der Waals surface area (Å²) >= 11 is 1.83. The normalized spacial score (nSPS) is 13.3. The third-order valence-corrected chi connectivity index (χ3v) is 2.50. The van der Waals surface area contributed by atoms with Gasteiger partial charge in [-0.05, 0) is 12.5 Å². The first-order valence-electron chi connectivity index (χ1n) is 3.60. The fourth-order valence-electron chi connectivity index (χ4n) is 0.719. The first-order chi connectivity index (χ1) is 5.29. The van der Waals surface area contributed by atoms with Crippen molar-refractivity contribution in [3.05, 3.63) is 18.0 Å². The Bertz CT molecular complexity index is 184. The van der Waals surface area contributed by atoms with Gasteiger partial charge in [0.05, 0.1) is 6.20 Å². The highest BCUT2D eigenvalue weighted by Crippen LogP contribution is 2.10. The van der Waals surface area contributed by atoms with E-state index in [1.54, 1.807) is 0 Å². The minimum Gasteiger partial charge on any atom is -0.327 e. The summed E-state index contributed by atoms with van der Waals surface area (Å²) in [4.78, 5) is 0. The molecule has 0 aliphatic carbocycles. The third-order valence-electron chi connectivity index (χ3n) is 1.20. The van der Waals surface area contributed by atoms with Gasteiger partial charge in [0.2, 0.25) is 0 Å². The highest BCUT2D eigenvalue weighted by Gasteiger charge is 1.96. The molecule has 1 rings (SSSR count). The minimum absolute atomic E-state index is 0.284. The van der Waals surface area contributed by atoms with Gasteiger partial charge in [0.15, 0.2) is 0 Å². The number of nitrogens with one attached hydrogen (secondary N) is 1. The molecular formula is C7H13N3S. The number of hydrogen-bond donors (Lipinski definition) is 2. The van der Waals surface area contributed by atoms with Gasteiger partial charge in [-0.2, -0.15) is 16.9 Å². The zero-order valence-corrected chi connectivity index (χ0v) is 7.40. The van der Waals surface area contributed by atoms with E-state index in [9.17, 15) is 0 Å². The molecule has 0 saturated heterocycles. The summed E-state index contributed by atoms with van der Waals surface area (Å²) in [7, 11) is 0. The summed E-state index contributed by atoms with van der Waals surface area (Å²) in [6.45, 7) is 2.02. The van der Waals surface area contributed by atoms with Gasteiger partial charge in [-0.1, -0.05) is 0 Å². The number of aromatic nitrogens is 2. The predicted molar refractivity (Wildman–Crippen MR) is 48.4 cm³/mol. The number of H-pyrrole nitrogens is 1. The molecular weight excluding hydrogens is 158 g/mol. The second-order valence-electron chi connectivity index (χ2n) is 2.60. The van der Waals surface area contributed by atoms with E-state index in [2.05, 4.69) is 10.2 Å². The lowest BCUT2D eigenvalue weighted by atomic mass is 10.4. The Balaban J connectivity index is 2.14. The highest BCUT2D eigenvalue weighted by molar-refractivity contribution is 7.98. The Hall–Kier alpha value is -0.480. The van der Waals surface area contributed by atoms with Crippen molar-refractivity contribution in [2.45, 2.75) is 18.7 Å². The van der Waals surface area contributed by atoms with Gasteiger partial charge in [0.1, 0.15) is 0 Å². The summed E-state index contributed by atoms with van der Waals surface area (Å²) in [6.07, 6.45) is 3.75. The van der Waals surface area contributed by atoms with Crippen molar-refractivity contribution in [1.29, 1.82) is 0 Å². The zero-order chi connectivity index (χ0) is 8.10. The Morgan fingerprint density at radius 1 is 1.82 bits per heavy atom. The van der Waals surface area contributed by atoms with Crippen LogP contribution in [0, 0.1) is 0 Å². The van der Waals surface area contributed by atoms with Crippen molar-refractivity contribution in [3.63, 3.8) is 0 Å². The zero-order valence-electron chi connectivity index (χ0n) is 6.58. The molecule has 0 amide bonds. The molecule has 11 heavy (non-hydrogen) atoms. The second-order valence-corrected chi connectivity index (χ2v) is 3.63. The Labute approximate surface area is 70.8 Å². The van der Waals surface area contributed by atoms with Crippen LogP contribution >= 0.6 is 11.8 Å². The van der Waals surface area contributed by atoms with E-state index < -0.39 is 0 Å². The van der Waals surface area contributed by atoms with Crippen molar-refractivity contribution in [2.24, 2.45) is 5.73 Å². The van der Waals surface area contributed by atoms with Gasteiger partial charge in [0, 0.05) is 23.7 Å². The van der Waals surface area contributed by atoms with Crippen LogP contribution in [0.5, 0.6) is 0 Å². The average molecular weight is 171 g/mol. The van der Waals surface area contributed by atoms with E-state index in [0.717, 1.165) is 11.5 Å². The summed E-state index contributed by atoms with van der Waals surface area (Å²) < 4.78 is 0. The number of nitrogens with two attached hydrogens (primary N) is 1. The van der Waals surface area contributed by atoms with Crippen molar-refractivity contribution < 1.29 is 0 Å². The third kappa shape index (κ3) is 3.43. The van der Waals surface area contributed by atoms with Crippen LogP contribution in [-0.2, 0) is 5.75 Å². The van der Waals surface area contributed by atoms with Crippen LogP contribution in [-0.4, -0.2) is 22.0 Å². The fraction of sp³-hybridized carbons (Fsp3) is 0.571. The quantitative estimate of drug-likeness (QED) is 0.710. The van der Waals surface area contributed by atoms with E-state index >= 15 is 0 Å². The molecule has 1 aromatic heterocycles. The van der Waals surface area contributed by atoms with Gasteiger partial charge in [0.25, 0.3) is 0 Å². The number of rotatable bonds is 4. The molecule has 0 fully saturated rings. The molecule has 0 radical (unpaired) electrons. The maximum absolute atomic E-state index is 5.59. The van der Waals surface area contributed by atoms with Gasteiger partial charge in [-0.15, -0.1) is 0 Å². The fourth-order valence-corrected chi connectivity index (χ4v) is 1.60. The van der Waals surface area contributed by atoms with Crippen LogP contribution in [0.3, 0.4) is 0 Å². The molecule has 1 heterocycles. The first-order valence-corrected chi connectivity index (χ1v) is 4.75. The highest BCUT2D eigenvalue weighted by atomic mass is 32.2. The largest absolute Gasteiger partial charge is 0.327 e. The average Bonchev–Trinajstić information content (AvgIpc) is 2.39. The van der Waals surface area contributed by atoms with E-state index in [1.165, 1.54) is 5.56 Å². The number of hydrogen-bond acceptors (Lipinski definition) is 3. The van der Waals surface area contributed by atoms with Crippen LogP contribution in [0.4, 0.5) is 0 Å². The van der Waals surface area contributed by atoms with E-state index in [4.69, 9.17) is 5.73 Å². The Kier molecular flexibility index (Phi) is 3.45. The maximum atomic E-state index is 5.59. The first kappa shape index (κ1) is 8.62. The maximum Gasteiger partial charge on any atom is 0.0527 e. The van der Waals surface area contributed by atoms with Gasteiger partial charge in [-0.25, -0.2) is 0 Å². The number of nitrogens with zero attached hydrogens (tertiary/aromatic N) is 1. The molecule has 0 aromatic carbocycles. The molecule has 0 bridgehead atoms. The van der Waals surface area contributed by atoms with Crippen LogP contribution in [0.15, 0.2) is 12.4 Å². The molecule has 1 unspecified atom stereocenters. The molecule has 1 atom stereocenters. The Morgan fingerprint density at radius 3 is 3.18 bits per heavy atom. The molecule has 1 aromatic rings. The molecule has 62 valence electrons. The number of thioether (sulfide) groups is 1. The summed E-state index contributed by atoms with van der Waals surface area (Å²) in [6, 6.07) is 0.284.